The van der Waals surface area contributed by atoms with E-state index >= 15 is 0 Å². The molecule has 2 rings (SSSR count). The first-order valence-corrected chi connectivity index (χ1v) is 7.07. The van der Waals surface area contributed by atoms with Gasteiger partial charge < -0.3 is 9.84 Å². The van der Waals surface area contributed by atoms with Crippen LogP contribution in [-0.2, 0) is 22.4 Å². The molecule has 1 saturated heterocycles. The predicted octanol–water partition coefficient (Wildman–Crippen LogP) is 1.04. The molecule has 0 aliphatic carbocycles. The van der Waals surface area contributed by atoms with Crippen molar-refractivity contribution in [2.45, 2.75) is 19.3 Å². The number of morpholine rings is 1. The van der Waals surface area contributed by atoms with Gasteiger partial charge in [-0.2, -0.15) is 0 Å². The topological polar surface area (TPSA) is 62.7 Å². The number of hydrogen-bond donors (Lipinski definition) is 1. The van der Waals surface area contributed by atoms with E-state index in [0.29, 0.717) is 6.42 Å². The Kier molecular flexibility index (Phi) is 5.10. The van der Waals surface area contributed by atoms with E-state index in [9.17, 15) is 4.79 Å². The van der Waals surface area contributed by atoms with Crippen molar-refractivity contribution in [2.24, 2.45) is 0 Å². The van der Waals surface area contributed by atoms with E-state index in [-0.39, 0.29) is 6.42 Å². The smallest absolute Gasteiger partial charge is 0.303 e. The number of nitrogens with zero attached hydrogens (tertiary/aromatic N) is 2. The Hall–Kier alpha value is -0.980. The third kappa shape index (κ3) is 4.36. The van der Waals surface area contributed by atoms with Gasteiger partial charge in [-0.05, 0) is 0 Å². The van der Waals surface area contributed by atoms with Crippen LogP contribution in [0.2, 0.25) is 0 Å². The third-order valence-corrected chi connectivity index (χ3v) is 3.90. The summed E-state index contributed by atoms with van der Waals surface area (Å²) in [5.41, 5.74) is 0.902. The highest BCUT2D eigenvalue weighted by Gasteiger charge is 2.11. The fraction of sp³-hybridized carbons (Fsp3) is 0.667. The average Bonchev–Trinajstić information content (AvgIpc) is 2.83. The molecule has 100 valence electrons. The van der Waals surface area contributed by atoms with Gasteiger partial charge in [0.05, 0.1) is 30.3 Å². The highest BCUT2D eigenvalue weighted by atomic mass is 32.1. The van der Waals surface area contributed by atoms with Crippen LogP contribution in [0.5, 0.6) is 0 Å². The molecule has 1 aromatic rings. The van der Waals surface area contributed by atoms with E-state index < -0.39 is 5.97 Å². The summed E-state index contributed by atoms with van der Waals surface area (Å²) in [7, 11) is 0. The standard InChI is InChI=1S/C12H18N2O3S/c15-12(16)2-1-10-9-18-11(13-10)3-4-14-5-7-17-8-6-14/h9H,1-8H2,(H,15,16). The molecule has 2 heterocycles. The van der Waals surface area contributed by atoms with E-state index in [2.05, 4.69) is 9.88 Å². The summed E-state index contributed by atoms with van der Waals surface area (Å²) in [6, 6.07) is 0. The Bertz CT molecular complexity index is 388. The Morgan fingerprint density at radius 2 is 2.22 bits per heavy atom. The zero-order valence-corrected chi connectivity index (χ0v) is 11.1. The van der Waals surface area contributed by atoms with E-state index in [0.717, 1.165) is 50.0 Å². The molecule has 1 aromatic heterocycles. The minimum atomic E-state index is -0.766. The van der Waals surface area contributed by atoms with Crippen molar-refractivity contribution >= 4 is 17.3 Å². The van der Waals surface area contributed by atoms with Crippen molar-refractivity contribution in [1.82, 2.24) is 9.88 Å². The number of aliphatic carboxylic acids is 1. The van der Waals surface area contributed by atoms with Gasteiger partial charge in [0.1, 0.15) is 0 Å². The highest BCUT2D eigenvalue weighted by Crippen LogP contribution is 2.13. The molecule has 0 saturated carbocycles. The first-order valence-electron chi connectivity index (χ1n) is 6.19. The van der Waals surface area contributed by atoms with Gasteiger partial charge in [0.25, 0.3) is 0 Å². The number of aryl methyl sites for hydroxylation is 1. The van der Waals surface area contributed by atoms with Gasteiger partial charge in [-0.3, -0.25) is 9.69 Å². The van der Waals surface area contributed by atoms with Crippen LogP contribution in [0.4, 0.5) is 0 Å². The number of hydrogen-bond acceptors (Lipinski definition) is 5. The second-order valence-electron chi connectivity index (χ2n) is 4.33. The first kappa shape index (κ1) is 13.5. The van der Waals surface area contributed by atoms with Crippen LogP contribution in [0.15, 0.2) is 5.38 Å². The molecule has 0 spiro atoms. The Morgan fingerprint density at radius 3 is 2.94 bits per heavy atom. The third-order valence-electron chi connectivity index (χ3n) is 2.94. The second kappa shape index (κ2) is 6.82. The molecular weight excluding hydrogens is 252 g/mol. The van der Waals surface area contributed by atoms with Crippen molar-refractivity contribution in [2.75, 3.05) is 32.8 Å². The number of rotatable bonds is 6. The molecule has 1 aliphatic heterocycles. The molecule has 1 fully saturated rings. The average molecular weight is 270 g/mol. The lowest BCUT2D eigenvalue weighted by molar-refractivity contribution is -0.136. The molecular formula is C12H18N2O3S. The van der Waals surface area contributed by atoms with Crippen molar-refractivity contribution in [3.8, 4) is 0 Å². The number of carboxylic acids is 1. The van der Waals surface area contributed by atoms with E-state index in [1.165, 1.54) is 0 Å². The largest absolute Gasteiger partial charge is 0.481 e. The summed E-state index contributed by atoms with van der Waals surface area (Å²) < 4.78 is 5.30. The number of thiazole rings is 1. The summed E-state index contributed by atoms with van der Waals surface area (Å²) in [4.78, 5) is 17.3. The van der Waals surface area contributed by atoms with Crippen molar-refractivity contribution in [3.63, 3.8) is 0 Å². The van der Waals surface area contributed by atoms with Crippen molar-refractivity contribution < 1.29 is 14.6 Å². The highest BCUT2D eigenvalue weighted by molar-refractivity contribution is 7.09. The van der Waals surface area contributed by atoms with Gasteiger partial charge in [0.2, 0.25) is 0 Å². The normalized spacial score (nSPS) is 16.9. The van der Waals surface area contributed by atoms with Crippen LogP contribution in [0.3, 0.4) is 0 Å². The minimum absolute atomic E-state index is 0.159. The molecule has 18 heavy (non-hydrogen) atoms. The quantitative estimate of drug-likeness (QED) is 0.836. The number of ether oxygens (including phenoxy) is 1. The minimum Gasteiger partial charge on any atom is -0.481 e. The fourth-order valence-electron chi connectivity index (χ4n) is 1.89. The lowest BCUT2D eigenvalue weighted by Gasteiger charge is -2.25. The molecule has 0 unspecified atom stereocenters. The first-order chi connectivity index (χ1) is 8.74. The molecule has 0 radical (unpaired) electrons. The van der Waals surface area contributed by atoms with Crippen LogP contribution in [0.25, 0.3) is 0 Å². The van der Waals surface area contributed by atoms with Crippen molar-refractivity contribution in [1.29, 1.82) is 0 Å². The second-order valence-corrected chi connectivity index (χ2v) is 5.27. The van der Waals surface area contributed by atoms with E-state index in [4.69, 9.17) is 9.84 Å². The maximum Gasteiger partial charge on any atom is 0.303 e. The fourth-order valence-corrected chi connectivity index (χ4v) is 2.71. The number of carbonyl (C=O) groups is 1. The summed E-state index contributed by atoms with van der Waals surface area (Å²) in [6.45, 7) is 4.65. The molecule has 0 amide bonds. The van der Waals surface area contributed by atoms with Crippen molar-refractivity contribution in [3.05, 3.63) is 16.1 Å². The maximum absolute atomic E-state index is 10.5. The zero-order valence-electron chi connectivity index (χ0n) is 10.3. The van der Waals surface area contributed by atoms with Gasteiger partial charge in [-0.1, -0.05) is 0 Å². The molecule has 1 aliphatic rings. The molecule has 1 N–H and O–H groups in total. The molecule has 0 aromatic carbocycles. The van der Waals surface area contributed by atoms with Crippen LogP contribution >= 0.6 is 11.3 Å². The van der Waals surface area contributed by atoms with Gasteiger partial charge in [0, 0.05) is 37.9 Å². The molecule has 5 nitrogen and oxygen atoms in total. The molecule has 0 atom stereocenters. The predicted molar refractivity (Wildman–Crippen MR) is 69.0 cm³/mol. The summed E-state index contributed by atoms with van der Waals surface area (Å²) in [5, 5.41) is 11.7. The van der Waals surface area contributed by atoms with E-state index in [1.54, 1.807) is 11.3 Å². The van der Waals surface area contributed by atoms with Crippen LogP contribution in [0, 0.1) is 0 Å². The van der Waals surface area contributed by atoms with Gasteiger partial charge >= 0.3 is 5.97 Å². The summed E-state index contributed by atoms with van der Waals surface area (Å²) >= 11 is 1.63. The number of carboxylic acid groups (broad SMARTS) is 1. The van der Waals surface area contributed by atoms with Gasteiger partial charge in [-0.15, -0.1) is 11.3 Å². The van der Waals surface area contributed by atoms with Crippen LogP contribution < -0.4 is 0 Å². The summed E-state index contributed by atoms with van der Waals surface area (Å²) in [5.74, 6) is -0.766. The van der Waals surface area contributed by atoms with Crippen LogP contribution in [0.1, 0.15) is 17.1 Å². The van der Waals surface area contributed by atoms with E-state index in [1.807, 2.05) is 5.38 Å². The lowest BCUT2D eigenvalue weighted by atomic mass is 10.2. The Labute approximate surface area is 110 Å². The lowest BCUT2D eigenvalue weighted by Crippen LogP contribution is -2.37. The van der Waals surface area contributed by atoms with Crippen LogP contribution in [-0.4, -0.2) is 53.8 Å². The zero-order chi connectivity index (χ0) is 12.8. The summed E-state index contributed by atoms with van der Waals surface area (Å²) in [6.07, 6.45) is 1.63. The monoisotopic (exact) mass is 270 g/mol. The Morgan fingerprint density at radius 1 is 1.44 bits per heavy atom. The SMILES string of the molecule is O=C(O)CCc1csc(CCN2CCOCC2)n1. The maximum atomic E-state index is 10.5. The molecule has 6 heteroatoms. The molecule has 0 bridgehead atoms. The van der Waals surface area contributed by atoms with Gasteiger partial charge in [-0.25, -0.2) is 4.98 Å². The number of aromatic nitrogens is 1. The Balaban J connectivity index is 1.73. The van der Waals surface area contributed by atoms with Gasteiger partial charge in [0.15, 0.2) is 0 Å².